The van der Waals surface area contributed by atoms with Crippen LogP contribution in [-0.2, 0) is 0 Å². The Hall–Kier alpha value is -3.35. The molecular formula is C19H23N7. The minimum atomic E-state index is 0.500. The zero-order valence-electron chi connectivity index (χ0n) is 14.7. The maximum Gasteiger partial charge on any atom is 0.132 e. The number of hydrogen-bond acceptors (Lipinski definition) is 7. The number of fused-ring (bicyclic) bond motifs is 1. The van der Waals surface area contributed by atoms with Gasteiger partial charge in [0.15, 0.2) is 0 Å². The van der Waals surface area contributed by atoms with E-state index in [0.29, 0.717) is 17.6 Å². The first-order valence-corrected chi connectivity index (χ1v) is 8.45. The zero-order chi connectivity index (χ0) is 18.5. The summed E-state index contributed by atoms with van der Waals surface area (Å²) in [7, 11) is 1.79. The normalized spacial score (nSPS) is 15.8. The summed E-state index contributed by atoms with van der Waals surface area (Å²) in [5.41, 5.74) is 15.8. The van der Waals surface area contributed by atoms with E-state index in [1.165, 1.54) is 6.21 Å². The van der Waals surface area contributed by atoms with Gasteiger partial charge in [0.25, 0.3) is 0 Å². The Balaban J connectivity index is 1.86. The number of pyridine rings is 2. The van der Waals surface area contributed by atoms with Crippen molar-refractivity contribution in [3.8, 4) is 0 Å². The van der Waals surface area contributed by atoms with E-state index in [4.69, 9.17) is 16.9 Å². The lowest BCUT2D eigenvalue weighted by molar-refractivity contribution is 1.03. The number of allylic oxidation sites excluding steroid dienone is 3. The number of rotatable bonds is 7. The highest BCUT2D eigenvalue weighted by molar-refractivity contribution is 6.08. The standard InChI is InChI=1S/C19H23N7/c1-23-10-15(9-21)14-6-17-16(24-11-14)4-5-19(25-17)26-18(22)7-13(8-20)12-2-3-12/h4-12,21,23H,2-3,20,22H2,1H3,(H,25,26)/b13-8+,15-10+,18-7+,21-9?. The lowest BCUT2D eigenvalue weighted by Gasteiger charge is -2.09. The maximum atomic E-state index is 7.53. The second-order valence-corrected chi connectivity index (χ2v) is 6.16. The summed E-state index contributed by atoms with van der Waals surface area (Å²) in [4.78, 5) is 8.99. The SMILES string of the molecule is CN/C=C(\C=N)c1cnc2ccc(N/C(N)=C/C(=C\N)C3CC3)nc2c1. The molecule has 0 radical (unpaired) electrons. The van der Waals surface area contributed by atoms with Crippen LogP contribution in [0.3, 0.4) is 0 Å². The summed E-state index contributed by atoms with van der Waals surface area (Å²) in [5, 5.41) is 13.6. The van der Waals surface area contributed by atoms with Gasteiger partial charge < -0.3 is 27.5 Å². The predicted octanol–water partition coefficient (Wildman–Crippen LogP) is 2.30. The molecule has 0 spiro atoms. The smallest absolute Gasteiger partial charge is 0.132 e. The van der Waals surface area contributed by atoms with Gasteiger partial charge in [-0.1, -0.05) is 0 Å². The fourth-order valence-corrected chi connectivity index (χ4v) is 2.68. The number of anilines is 1. The van der Waals surface area contributed by atoms with Gasteiger partial charge in [-0.15, -0.1) is 0 Å². The Morgan fingerprint density at radius 3 is 2.77 bits per heavy atom. The zero-order valence-corrected chi connectivity index (χ0v) is 14.7. The third-order valence-electron chi connectivity index (χ3n) is 4.16. The summed E-state index contributed by atoms with van der Waals surface area (Å²) in [6.45, 7) is 0. The van der Waals surface area contributed by atoms with Crippen molar-refractivity contribution in [2.24, 2.45) is 17.4 Å². The molecule has 1 aliphatic rings. The van der Waals surface area contributed by atoms with Crippen molar-refractivity contribution < 1.29 is 0 Å². The maximum absolute atomic E-state index is 7.53. The van der Waals surface area contributed by atoms with E-state index in [1.807, 2.05) is 24.3 Å². The summed E-state index contributed by atoms with van der Waals surface area (Å²) < 4.78 is 0. The molecule has 7 heteroatoms. The van der Waals surface area contributed by atoms with Gasteiger partial charge in [-0.2, -0.15) is 0 Å². The van der Waals surface area contributed by atoms with Crippen molar-refractivity contribution in [2.45, 2.75) is 12.8 Å². The fourth-order valence-electron chi connectivity index (χ4n) is 2.68. The van der Waals surface area contributed by atoms with E-state index in [9.17, 15) is 0 Å². The average molecular weight is 349 g/mol. The van der Waals surface area contributed by atoms with Crippen molar-refractivity contribution in [1.29, 1.82) is 5.41 Å². The molecule has 2 aromatic rings. The first-order valence-electron chi connectivity index (χ1n) is 8.45. The molecule has 7 nitrogen and oxygen atoms in total. The second kappa shape index (κ2) is 7.69. The molecule has 0 aromatic carbocycles. The van der Waals surface area contributed by atoms with E-state index in [0.717, 1.165) is 40.6 Å². The molecule has 134 valence electrons. The van der Waals surface area contributed by atoms with Crippen molar-refractivity contribution >= 4 is 28.6 Å². The minimum absolute atomic E-state index is 0.500. The molecule has 26 heavy (non-hydrogen) atoms. The number of aromatic nitrogens is 2. The van der Waals surface area contributed by atoms with Gasteiger partial charge in [0, 0.05) is 36.8 Å². The Bertz CT molecular complexity index is 907. The Morgan fingerprint density at radius 2 is 2.12 bits per heavy atom. The van der Waals surface area contributed by atoms with Crippen LogP contribution in [0.1, 0.15) is 18.4 Å². The predicted molar refractivity (Wildman–Crippen MR) is 106 cm³/mol. The fraction of sp³-hybridized carbons (Fsp3) is 0.211. The van der Waals surface area contributed by atoms with E-state index in [1.54, 1.807) is 25.6 Å². The van der Waals surface area contributed by atoms with Crippen molar-refractivity contribution in [3.05, 3.63) is 59.8 Å². The molecule has 0 aliphatic heterocycles. The Morgan fingerprint density at radius 1 is 1.31 bits per heavy atom. The molecule has 0 saturated heterocycles. The number of nitrogens with one attached hydrogen (secondary N) is 3. The van der Waals surface area contributed by atoms with Crippen LogP contribution in [0.2, 0.25) is 0 Å². The first-order chi connectivity index (χ1) is 12.6. The molecular weight excluding hydrogens is 326 g/mol. The lowest BCUT2D eigenvalue weighted by Crippen LogP contribution is -2.11. The highest BCUT2D eigenvalue weighted by atomic mass is 15.1. The van der Waals surface area contributed by atoms with Crippen LogP contribution in [0.4, 0.5) is 5.82 Å². The van der Waals surface area contributed by atoms with Crippen LogP contribution >= 0.6 is 0 Å². The number of nitrogens with two attached hydrogens (primary N) is 2. The summed E-state index contributed by atoms with van der Waals surface area (Å²) in [5.74, 6) is 1.65. The Labute approximate surface area is 152 Å². The molecule has 2 aromatic heterocycles. The lowest BCUT2D eigenvalue weighted by atomic mass is 10.1. The average Bonchev–Trinajstić information content (AvgIpc) is 3.48. The van der Waals surface area contributed by atoms with Crippen molar-refractivity contribution in [1.82, 2.24) is 15.3 Å². The summed E-state index contributed by atoms with van der Waals surface area (Å²) >= 11 is 0. The van der Waals surface area contributed by atoms with Gasteiger partial charge in [0.2, 0.25) is 0 Å². The quantitative estimate of drug-likeness (QED) is 0.386. The topological polar surface area (TPSA) is 126 Å². The molecule has 1 fully saturated rings. The Kier molecular flexibility index (Phi) is 5.17. The van der Waals surface area contributed by atoms with Crippen LogP contribution in [0.25, 0.3) is 16.6 Å². The molecule has 0 bridgehead atoms. The van der Waals surface area contributed by atoms with E-state index < -0.39 is 0 Å². The third-order valence-corrected chi connectivity index (χ3v) is 4.16. The van der Waals surface area contributed by atoms with Gasteiger partial charge in [-0.25, -0.2) is 4.98 Å². The monoisotopic (exact) mass is 349 g/mol. The van der Waals surface area contributed by atoms with Crippen molar-refractivity contribution in [2.75, 3.05) is 12.4 Å². The number of hydrogen-bond donors (Lipinski definition) is 5. The van der Waals surface area contributed by atoms with Crippen LogP contribution in [0, 0.1) is 11.3 Å². The molecule has 3 rings (SSSR count). The molecule has 7 N–H and O–H groups in total. The molecule has 1 aliphatic carbocycles. The van der Waals surface area contributed by atoms with E-state index >= 15 is 0 Å². The largest absolute Gasteiger partial charge is 0.404 e. The van der Waals surface area contributed by atoms with E-state index in [-0.39, 0.29) is 0 Å². The van der Waals surface area contributed by atoms with Crippen LogP contribution in [0.15, 0.2) is 54.3 Å². The molecule has 2 heterocycles. The summed E-state index contributed by atoms with van der Waals surface area (Å²) in [6, 6.07) is 5.62. The van der Waals surface area contributed by atoms with Crippen LogP contribution in [-0.4, -0.2) is 23.2 Å². The van der Waals surface area contributed by atoms with Gasteiger partial charge in [0.05, 0.1) is 11.0 Å². The van der Waals surface area contributed by atoms with Gasteiger partial charge in [-0.3, -0.25) is 4.98 Å². The van der Waals surface area contributed by atoms with Crippen LogP contribution in [0.5, 0.6) is 0 Å². The third kappa shape index (κ3) is 4.00. The van der Waals surface area contributed by atoms with Crippen LogP contribution < -0.4 is 22.1 Å². The van der Waals surface area contributed by atoms with Gasteiger partial charge in [0.1, 0.15) is 11.6 Å². The molecule has 0 unspecified atom stereocenters. The highest BCUT2D eigenvalue weighted by Gasteiger charge is 2.24. The van der Waals surface area contributed by atoms with Gasteiger partial charge in [-0.05, 0) is 54.8 Å². The first kappa shape index (κ1) is 17.5. The number of nitrogens with zero attached hydrogens (tertiary/aromatic N) is 2. The second-order valence-electron chi connectivity index (χ2n) is 6.16. The summed E-state index contributed by atoms with van der Waals surface area (Å²) in [6.07, 6.45) is 10.5. The molecule has 0 amide bonds. The van der Waals surface area contributed by atoms with Crippen molar-refractivity contribution in [3.63, 3.8) is 0 Å². The van der Waals surface area contributed by atoms with E-state index in [2.05, 4.69) is 20.6 Å². The van der Waals surface area contributed by atoms with Gasteiger partial charge >= 0.3 is 0 Å². The minimum Gasteiger partial charge on any atom is -0.404 e. The molecule has 1 saturated carbocycles. The molecule has 0 atom stereocenters. The highest BCUT2D eigenvalue weighted by Crippen LogP contribution is 2.36.